The molecule has 0 aliphatic rings. The molecule has 2 aromatic rings. The SMILES string of the molecule is CCNC(c1cccc(I)c1)c1cc(C)c(C)cc1C. The molecule has 1 N–H and O–H groups in total. The molecular formula is C18H22IN. The van der Waals surface area contributed by atoms with Gasteiger partial charge in [-0.15, -0.1) is 0 Å². The zero-order valence-electron chi connectivity index (χ0n) is 12.6. The normalized spacial score (nSPS) is 12.4. The van der Waals surface area contributed by atoms with Crippen molar-refractivity contribution < 1.29 is 0 Å². The first kappa shape index (κ1) is 15.5. The maximum Gasteiger partial charge on any atom is 0.0579 e. The van der Waals surface area contributed by atoms with E-state index in [9.17, 15) is 0 Å². The van der Waals surface area contributed by atoms with Crippen LogP contribution in [0.4, 0.5) is 0 Å². The summed E-state index contributed by atoms with van der Waals surface area (Å²) in [6.07, 6.45) is 0. The number of hydrogen-bond donors (Lipinski definition) is 1. The van der Waals surface area contributed by atoms with Gasteiger partial charge in [-0.05, 0) is 89.9 Å². The largest absolute Gasteiger partial charge is 0.307 e. The highest BCUT2D eigenvalue weighted by Gasteiger charge is 2.16. The quantitative estimate of drug-likeness (QED) is 0.744. The smallest absolute Gasteiger partial charge is 0.0579 e. The molecule has 0 spiro atoms. The molecule has 0 bridgehead atoms. The number of rotatable bonds is 4. The lowest BCUT2D eigenvalue weighted by atomic mass is 9.91. The molecule has 1 unspecified atom stereocenters. The maximum absolute atomic E-state index is 3.63. The molecule has 0 heterocycles. The van der Waals surface area contributed by atoms with E-state index in [1.807, 2.05) is 0 Å². The average molecular weight is 379 g/mol. The summed E-state index contributed by atoms with van der Waals surface area (Å²) in [5, 5.41) is 3.63. The predicted octanol–water partition coefficient (Wildman–Crippen LogP) is 4.92. The van der Waals surface area contributed by atoms with E-state index in [4.69, 9.17) is 0 Å². The molecule has 1 nitrogen and oxygen atoms in total. The minimum Gasteiger partial charge on any atom is -0.307 e. The average Bonchev–Trinajstić information content (AvgIpc) is 2.40. The summed E-state index contributed by atoms with van der Waals surface area (Å²) in [7, 11) is 0. The van der Waals surface area contributed by atoms with Crippen LogP contribution >= 0.6 is 22.6 Å². The second kappa shape index (κ2) is 6.72. The Kier molecular flexibility index (Phi) is 5.22. The van der Waals surface area contributed by atoms with Gasteiger partial charge in [0.25, 0.3) is 0 Å². The van der Waals surface area contributed by atoms with Crippen LogP contribution in [0, 0.1) is 24.3 Å². The third kappa shape index (κ3) is 3.41. The van der Waals surface area contributed by atoms with E-state index in [0.717, 1.165) is 6.54 Å². The minimum absolute atomic E-state index is 0.272. The van der Waals surface area contributed by atoms with Gasteiger partial charge >= 0.3 is 0 Å². The van der Waals surface area contributed by atoms with Crippen molar-refractivity contribution in [1.82, 2.24) is 5.32 Å². The molecule has 0 radical (unpaired) electrons. The van der Waals surface area contributed by atoms with Crippen LogP contribution in [-0.4, -0.2) is 6.54 Å². The van der Waals surface area contributed by atoms with Crippen molar-refractivity contribution in [3.8, 4) is 0 Å². The Labute approximate surface area is 135 Å². The van der Waals surface area contributed by atoms with Crippen LogP contribution in [0.2, 0.25) is 0 Å². The van der Waals surface area contributed by atoms with Gasteiger partial charge in [0.1, 0.15) is 0 Å². The molecule has 2 heteroatoms. The van der Waals surface area contributed by atoms with Gasteiger partial charge in [0.05, 0.1) is 6.04 Å². The number of halogens is 1. The van der Waals surface area contributed by atoms with Gasteiger partial charge in [-0.2, -0.15) is 0 Å². The van der Waals surface area contributed by atoms with Gasteiger partial charge in [0.15, 0.2) is 0 Å². The molecule has 0 aliphatic carbocycles. The highest BCUT2D eigenvalue weighted by molar-refractivity contribution is 14.1. The lowest BCUT2D eigenvalue weighted by Gasteiger charge is -2.22. The topological polar surface area (TPSA) is 12.0 Å². The standard InChI is InChI=1S/C18H22IN/c1-5-20-18(15-7-6-8-16(19)11-15)17-10-13(3)12(2)9-14(17)4/h6-11,18,20H,5H2,1-4H3. The number of hydrogen-bond acceptors (Lipinski definition) is 1. The third-order valence-electron chi connectivity index (χ3n) is 3.78. The van der Waals surface area contributed by atoms with Gasteiger partial charge in [-0.25, -0.2) is 0 Å². The van der Waals surface area contributed by atoms with Gasteiger partial charge in [0, 0.05) is 3.57 Å². The molecule has 2 rings (SSSR count). The number of aryl methyl sites for hydroxylation is 3. The molecule has 106 valence electrons. The molecule has 0 aromatic heterocycles. The Morgan fingerprint density at radius 2 is 1.70 bits per heavy atom. The van der Waals surface area contributed by atoms with Crippen molar-refractivity contribution in [3.05, 3.63) is 67.8 Å². The summed E-state index contributed by atoms with van der Waals surface area (Å²) < 4.78 is 1.28. The summed E-state index contributed by atoms with van der Waals surface area (Å²) in [4.78, 5) is 0. The summed E-state index contributed by atoms with van der Waals surface area (Å²) >= 11 is 2.38. The molecule has 1 atom stereocenters. The van der Waals surface area contributed by atoms with Crippen LogP contribution in [0.25, 0.3) is 0 Å². The second-order valence-electron chi connectivity index (χ2n) is 5.34. The van der Waals surface area contributed by atoms with Crippen molar-refractivity contribution in [2.75, 3.05) is 6.54 Å². The summed E-state index contributed by atoms with van der Waals surface area (Å²) in [6, 6.07) is 13.7. The lowest BCUT2D eigenvalue weighted by Crippen LogP contribution is -2.23. The van der Waals surface area contributed by atoms with Crippen LogP contribution in [0.15, 0.2) is 36.4 Å². The fourth-order valence-corrected chi connectivity index (χ4v) is 3.16. The highest BCUT2D eigenvalue weighted by atomic mass is 127. The predicted molar refractivity (Wildman–Crippen MR) is 95.3 cm³/mol. The van der Waals surface area contributed by atoms with E-state index in [2.05, 4.69) is 92.0 Å². The van der Waals surface area contributed by atoms with E-state index in [-0.39, 0.29) is 6.04 Å². The zero-order valence-corrected chi connectivity index (χ0v) is 14.8. The molecule has 0 amide bonds. The first-order chi connectivity index (χ1) is 9.52. The number of benzene rings is 2. The summed E-state index contributed by atoms with van der Waals surface area (Å²) in [5.74, 6) is 0. The second-order valence-corrected chi connectivity index (χ2v) is 6.58. The Morgan fingerprint density at radius 3 is 2.35 bits per heavy atom. The van der Waals surface area contributed by atoms with E-state index >= 15 is 0 Å². The highest BCUT2D eigenvalue weighted by Crippen LogP contribution is 2.28. The first-order valence-electron chi connectivity index (χ1n) is 7.09. The van der Waals surface area contributed by atoms with Gasteiger partial charge in [0.2, 0.25) is 0 Å². The van der Waals surface area contributed by atoms with Gasteiger partial charge in [-0.1, -0.05) is 31.2 Å². The first-order valence-corrected chi connectivity index (χ1v) is 8.17. The van der Waals surface area contributed by atoms with Gasteiger partial charge < -0.3 is 5.32 Å². The maximum atomic E-state index is 3.63. The Morgan fingerprint density at radius 1 is 1.00 bits per heavy atom. The molecule has 0 saturated heterocycles. The fourth-order valence-electron chi connectivity index (χ4n) is 2.59. The molecular weight excluding hydrogens is 357 g/mol. The van der Waals surface area contributed by atoms with E-state index < -0.39 is 0 Å². The van der Waals surface area contributed by atoms with E-state index in [0.29, 0.717) is 0 Å². The van der Waals surface area contributed by atoms with E-state index in [1.165, 1.54) is 31.4 Å². The van der Waals surface area contributed by atoms with Crippen molar-refractivity contribution >= 4 is 22.6 Å². The van der Waals surface area contributed by atoms with Crippen molar-refractivity contribution in [3.63, 3.8) is 0 Å². The third-order valence-corrected chi connectivity index (χ3v) is 4.45. The Hall–Kier alpha value is -0.870. The van der Waals surface area contributed by atoms with Crippen molar-refractivity contribution in [1.29, 1.82) is 0 Å². The molecule has 2 aromatic carbocycles. The van der Waals surface area contributed by atoms with E-state index in [1.54, 1.807) is 0 Å². The minimum atomic E-state index is 0.272. The zero-order chi connectivity index (χ0) is 14.7. The summed E-state index contributed by atoms with van der Waals surface area (Å²) in [5.41, 5.74) is 6.81. The van der Waals surface area contributed by atoms with Crippen LogP contribution < -0.4 is 5.32 Å². The fraction of sp³-hybridized carbons (Fsp3) is 0.333. The van der Waals surface area contributed by atoms with Crippen LogP contribution in [0.5, 0.6) is 0 Å². The monoisotopic (exact) mass is 379 g/mol. The molecule has 0 saturated carbocycles. The molecule has 0 fully saturated rings. The van der Waals surface area contributed by atoms with Crippen LogP contribution in [0.1, 0.15) is 40.8 Å². The summed E-state index contributed by atoms with van der Waals surface area (Å²) in [6.45, 7) is 9.70. The van der Waals surface area contributed by atoms with Crippen molar-refractivity contribution in [2.45, 2.75) is 33.7 Å². The Bertz CT molecular complexity index is 604. The van der Waals surface area contributed by atoms with Gasteiger partial charge in [-0.3, -0.25) is 0 Å². The number of nitrogens with one attached hydrogen (secondary N) is 1. The van der Waals surface area contributed by atoms with Crippen LogP contribution in [-0.2, 0) is 0 Å². The molecule has 0 aliphatic heterocycles. The van der Waals surface area contributed by atoms with Crippen LogP contribution in [0.3, 0.4) is 0 Å². The Balaban J connectivity index is 2.51. The lowest BCUT2D eigenvalue weighted by molar-refractivity contribution is 0.627. The molecule has 20 heavy (non-hydrogen) atoms. The van der Waals surface area contributed by atoms with Crippen molar-refractivity contribution in [2.24, 2.45) is 0 Å².